The van der Waals surface area contributed by atoms with Crippen molar-refractivity contribution in [1.29, 1.82) is 0 Å². The Labute approximate surface area is 91.6 Å². The maximum atomic E-state index is 11.0. The summed E-state index contributed by atoms with van der Waals surface area (Å²) >= 11 is 1.65. The van der Waals surface area contributed by atoms with Crippen LogP contribution >= 0.6 is 11.8 Å². The predicted molar refractivity (Wildman–Crippen MR) is 60.9 cm³/mol. The van der Waals surface area contributed by atoms with Crippen LogP contribution in [0.25, 0.3) is 0 Å². The highest BCUT2D eigenvalue weighted by molar-refractivity contribution is 7.98. The molecule has 1 aromatic heterocycles. The van der Waals surface area contributed by atoms with Gasteiger partial charge in [0, 0.05) is 17.2 Å². The van der Waals surface area contributed by atoms with Crippen molar-refractivity contribution in [2.24, 2.45) is 0 Å². The molecule has 0 unspecified atom stereocenters. The molecule has 0 amide bonds. The van der Waals surface area contributed by atoms with Gasteiger partial charge in [-0.1, -0.05) is 18.2 Å². The first-order valence-corrected chi connectivity index (χ1v) is 5.55. The number of thioether (sulfide) groups is 1. The second kappa shape index (κ2) is 4.79. The summed E-state index contributed by atoms with van der Waals surface area (Å²) in [6.45, 7) is 0. The molecule has 0 saturated carbocycles. The highest BCUT2D eigenvalue weighted by Crippen LogP contribution is 2.19. The second-order valence-corrected chi connectivity index (χ2v) is 4.03. The van der Waals surface area contributed by atoms with Crippen LogP contribution in [0.2, 0.25) is 0 Å². The molecular formula is C11H10N2OS. The maximum Gasteiger partial charge on any atom is 0.250 e. The maximum absolute atomic E-state index is 11.0. The lowest BCUT2D eigenvalue weighted by Gasteiger charge is -1.99. The number of hydrogen-bond donors (Lipinski definition) is 1. The Morgan fingerprint density at radius 1 is 1.20 bits per heavy atom. The van der Waals surface area contributed by atoms with E-state index in [0.717, 1.165) is 0 Å². The Kier molecular flexibility index (Phi) is 3.19. The zero-order chi connectivity index (χ0) is 10.5. The number of aromatic amines is 1. The minimum Gasteiger partial charge on any atom is -0.310 e. The van der Waals surface area contributed by atoms with Crippen LogP contribution < -0.4 is 5.56 Å². The van der Waals surface area contributed by atoms with Crippen molar-refractivity contribution in [2.45, 2.75) is 10.6 Å². The van der Waals surface area contributed by atoms with E-state index < -0.39 is 0 Å². The third-order valence-corrected chi connectivity index (χ3v) is 2.87. The molecule has 2 aromatic rings. The lowest BCUT2D eigenvalue weighted by atomic mass is 10.4. The summed E-state index contributed by atoms with van der Waals surface area (Å²) < 4.78 is 0. The van der Waals surface area contributed by atoms with E-state index in [0.29, 0.717) is 11.6 Å². The first kappa shape index (κ1) is 9.98. The van der Waals surface area contributed by atoms with Crippen LogP contribution in [0.3, 0.4) is 0 Å². The highest BCUT2D eigenvalue weighted by atomic mass is 32.2. The van der Waals surface area contributed by atoms with Gasteiger partial charge in [0.25, 0.3) is 5.56 Å². The minimum absolute atomic E-state index is 0.103. The van der Waals surface area contributed by atoms with Gasteiger partial charge in [-0.2, -0.15) is 0 Å². The molecule has 0 aliphatic rings. The molecule has 2 rings (SSSR count). The molecule has 0 radical (unpaired) electrons. The zero-order valence-corrected chi connectivity index (χ0v) is 8.83. The highest BCUT2D eigenvalue weighted by Gasteiger charge is 1.97. The van der Waals surface area contributed by atoms with Crippen LogP contribution in [0.15, 0.2) is 52.3 Å². The van der Waals surface area contributed by atoms with Gasteiger partial charge >= 0.3 is 0 Å². The number of rotatable bonds is 3. The molecule has 0 fully saturated rings. The van der Waals surface area contributed by atoms with Crippen molar-refractivity contribution >= 4 is 11.8 Å². The van der Waals surface area contributed by atoms with Crippen LogP contribution in [0.5, 0.6) is 0 Å². The fourth-order valence-electron chi connectivity index (χ4n) is 1.15. The molecule has 76 valence electrons. The summed E-state index contributed by atoms with van der Waals surface area (Å²) in [5.74, 6) is 1.39. The summed E-state index contributed by atoms with van der Waals surface area (Å²) in [6, 6.07) is 11.4. The van der Waals surface area contributed by atoms with Gasteiger partial charge in [0.05, 0.1) is 5.75 Å². The SMILES string of the molecule is O=c1ccnc(CSc2ccccc2)[nH]1. The van der Waals surface area contributed by atoms with E-state index >= 15 is 0 Å². The summed E-state index contributed by atoms with van der Waals surface area (Å²) in [4.78, 5) is 18.9. The van der Waals surface area contributed by atoms with Gasteiger partial charge < -0.3 is 4.98 Å². The molecule has 4 heteroatoms. The summed E-state index contributed by atoms with van der Waals surface area (Å²) in [5, 5.41) is 0. The molecule has 0 bridgehead atoms. The van der Waals surface area contributed by atoms with Crippen LogP contribution in [0, 0.1) is 0 Å². The predicted octanol–water partition coefficient (Wildman–Crippen LogP) is 2.06. The first-order valence-electron chi connectivity index (χ1n) is 4.56. The normalized spacial score (nSPS) is 10.1. The van der Waals surface area contributed by atoms with E-state index in [9.17, 15) is 4.79 Å². The molecule has 3 nitrogen and oxygen atoms in total. The minimum atomic E-state index is -0.103. The van der Waals surface area contributed by atoms with Gasteiger partial charge in [-0.05, 0) is 12.1 Å². The Balaban J connectivity index is 2.02. The van der Waals surface area contributed by atoms with E-state index in [1.807, 2.05) is 30.3 Å². The smallest absolute Gasteiger partial charge is 0.250 e. The number of nitrogens with one attached hydrogen (secondary N) is 1. The van der Waals surface area contributed by atoms with Crippen molar-refractivity contribution in [3.8, 4) is 0 Å². The van der Waals surface area contributed by atoms with E-state index in [1.165, 1.54) is 17.2 Å². The standard InChI is InChI=1S/C11H10N2OS/c14-11-6-7-12-10(13-11)8-15-9-4-2-1-3-5-9/h1-7H,8H2,(H,12,13,14). The van der Waals surface area contributed by atoms with Gasteiger partial charge in [-0.3, -0.25) is 4.79 Å². The number of nitrogens with zero attached hydrogens (tertiary/aromatic N) is 1. The average Bonchev–Trinajstić information content (AvgIpc) is 2.28. The number of H-pyrrole nitrogens is 1. The van der Waals surface area contributed by atoms with Gasteiger partial charge in [-0.25, -0.2) is 4.98 Å². The Bertz CT molecular complexity index is 481. The molecule has 0 aliphatic carbocycles. The number of benzene rings is 1. The summed E-state index contributed by atoms with van der Waals surface area (Å²) in [6.07, 6.45) is 1.53. The van der Waals surface area contributed by atoms with Crippen molar-refractivity contribution < 1.29 is 0 Å². The van der Waals surface area contributed by atoms with Crippen LogP contribution in [0.1, 0.15) is 5.82 Å². The topological polar surface area (TPSA) is 45.8 Å². The third kappa shape index (κ3) is 2.95. The summed E-state index contributed by atoms with van der Waals surface area (Å²) in [7, 11) is 0. The zero-order valence-electron chi connectivity index (χ0n) is 8.01. The van der Waals surface area contributed by atoms with Crippen molar-refractivity contribution in [3.05, 3.63) is 58.8 Å². The molecule has 1 heterocycles. The molecule has 1 N–H and O–H groups in total. The lowest BCUT2D eigenvalue weighted by molar-refractivity contribution is 1.00. The fraction of sp³-hybridized carbons (Fsp3) is 0.0909. The molecule has 15 heavy (non-hydrogen) atoms. The number of hydrogen-bond acceptors (Lipinski definition) is 3. The van der Waals surface area contributed by atoms with Crippen molar-refractivity contribution in [3.63, 3.8) is 0 Å². The van der Waals surface area contributed by atoms with Crippen LogP contribution in [0.4, 0.5) is 0 Å². The molecule has 0 atom stereocenters. The van der Waals surface area contributed by atoms with Crippen molar-refractivity contribution in [1.82, 2.24) is 9.97 Å². The van der Waals surface area contributed by atoms with Gasteiger partial charge in [-0.15, -0.1) is 11.8 Å². The first-order chi connectivity index (χ1) is 7.34. The van der Waals surface area contributed by atoms with Crippen LogP contribution in [-0.2, 0) is 5.75 Å². The summed E-state index contributed by atoms with van der Waals surface area (Å²) in [5.41, 5.74) is -0.103. The van der Waals surface area contributed by atoms with E-state index in [2.05, 4.69) is 9.97 Å². The van der Waals surface area contributed by atoms with Gasteiger partial charge in [0.1, 0.15) is 5.82 Å². The van der Waals surface area contributed by atoms with E-state index in [-0.39, 0.29) is 5.56 Å². The molecule has 0 saturated heterocycles. The van der Waals surface area contributed by atoms with Crippen molar-refractivity contribution in [2.75, 3.05) is 0 Å². The molecule has 0 aliphatic heterocycles. The van der Waals surface area contributed by atoms with Gasteiger partial charge in [0.2, 0.25) is 0 Å². The largest absolute Gasteiger partial charge is 0.310 e. The lowest BCUT2D eigenvalue weighted by Crippen LogP contribution is -2.07. The fourth-order valence-corrected chi connectivity index (χ4v) is 1.95. The van der Waals surface area contributed by atoms with E-state index in [1.54, 1.807) is 11.8 Å². The van der Waals surface area contributed by atoms with Gasteiger partial charge in [0.15, 0.2) is 0 Å². The molecule has 0 spiro atoms. The Hall–Kier alpha value is -1.55. The van der Waals surface area contributed by atoms with Crippen LogP contribution in [-0.4, -0.2) is 9.97 Å². The quantitative estimate of drug-likeness (QED) is 0.802. The Morgan fingerprint density at radius 2 is 2.00 bits per heavy atom. The second-order valence-electron chi connectivity index (χ2n) is 2.98. The third-order valence-electron chi connectivity index (χ3n) is 1.84. The Morgan fingerprint density at radius 3 is 2.73 bits per heavy atom. The molecule has 1 aromatic carbocycles. The van der Waals surface area contributed by atoms with E-state index in [4.69, 9.17) is 0 Å². The monoisotopic (exact) mass is 218 g/mol. The average molecular weight is 218 g/mol. The number of aromatic nitrogens is 2. The molecular weight excluding hydrogens is 208 g/mol.